The van der Waals surface area contributed by atoms with Crippen LogP contribution in [0.1, 0.15) is 44.4 Å². The molecule has 0 N–H and O–H groups in total. The molecule has 0 atom stereocenters. The highest BCUT2D eigenvalue weighted by molar-refractivity contribution is 5.76. The van der Waals surface area contributed by atoms with Crippen LogP contribution in [0.2, 0.25) is 0 Å². The summed E-state index contributed by atoms with van der Waals surface area (Å²) < 4.78 is 5.27. The van der Waals surface area contributed by atoms with E-state index in [1.807, 2.05) is 30.3 Å². The van der Waals surface area contributed by atoms with E-state index < -0.39 is 0 Å². The lowest BCUT2D eigenvalue weighted by Crippen LogP contribution is -2.28. The van der Waals surface area contributed by atoms with Gasteiger partial charge in [-0.2, -0.15) is 4.98 Å². The number of amides is 1. The minimum Gasteiger partial charge on any atom is -0.337 e. The summed E-state index contributed by atoms with van der Waals surface area (Å²) in [6.45, 7) is 0.366. The lowest BCUT2D eigenvalue weighted by Gasteiger charge is -2.23. The fourth-order valence-electron chi connectivity index (χ4n) is 3.11. The number of carbonyl (C=O) groups is 1. The summed E-state index contributed by atoms with van der Waals surface area (Å²) in [6.07, 6.45) is 6.81. The first kappa shape index (κ1) is 15.7. The van der Waals surface area contributed by atoms with Crippen molar-refractivity contribution in [3.05, 3.63) is 36.2 Å². The lowest BCUT2D eigenvalue weighted by atomic mass is 9.87. The van der Waals surface area contributed by atoms with E-state index in [0.29, 0.717) is 30.6 Å². The molecule has 1 heterocycles. The van der Waals surface area contributed by atoms with Crippen molar-refractivity contribution in [1.29, 1.82) is 0 Å². The average Bonchev–Trinajstić information content (AvgIpc) is 3.05. The van der Waals surface area contributed by atoms with Gasteiger partial charge in [0.1, 0.15) is 0 Å². The minimum absolute atomic E-state index is 0.163. The molecule has 0 saturated heterocycles. The van der Waals surface area contributed by atoms with Gasteiger partial charge in [0.25, 0.3) is 0 Å². The van der Waals surface area contributed by atoms with Crippen LogP contribution in [0.25, 0.3) is 11.4 Å². The molecule has 1 aromatic carbocycles. The molecule has 5 nitrogen and oxygen atoms in total. The van der Waals surface area contributed by atoms with Gasteiger partial charge < -0.3 is 9.42 Å². The molecule has 2 aromatic rings. The maximum atomic E-state index is 12.3. The highest BCUT2D eigenvalue weighted by Gasteiger charge is 2.20. The van der Waals surface area contributed by atoms with Gasteiger partial charge in [-0.25, -0.2) is 0 Å². The fourth-order valence-corrected chi connectivity index (χ4v) is 3.11. The van der Waals surface area contributed by atoms with Crippen molar-refractivity contribution in [3.8, 4) is 11.4 Å². The SMILES string of the molecule is CN(Cc1nc(-c2ccccc2)no1)C(=O)CC1CCCCC1. The van der Waals surface area contributed by atoms with Crippen molar-refractivity contribution >= 4 is 5.91 Å². The second-order valence-corrected chi connectivity index (χ2v) is 6.34. The normalized spacial score (nSPS) is 15.5. The number of hydrogen-bond acceptors (Lipinski definition) is 4. The van der Waals surface area contributed by atoms with Gasteiger partial charge in [-0.15, -0.1) is 0 Å². The third kappa shape index (κ3) is 4.18. The predicted octanol–water partition coefficient (Wildman–Crippen LogP) is 3.67. The summed E-state index contributed by atoms with van der Waals surface area (Å²) >= 11 is 0. The number of carbonyl (C=O) groups excluding carboxylic acids is 1. The zero-order valence-corrected chi connectivity index (χ0v) is 13.6. The van der Waals surface area contributed by atoms with Crippen molar-refractivity contribution in [1.82, 2.24) is 15.0 Å². The highest BCUT2D eigenvalue weighted by Crippen LogP contribution is 2.27. The lowest BCUT2D eigenvalue weighted by molar-refractivity contribution is -0.132. The van der Waals surface area contributed by atoms with Gasteiger partial charge in [0.05, 0.1) is 6.54 Å². The molecule has 5 heteroatoms. The first-order chi connectivity index (χ1) is 11.2. The Morgan fingerprint density at radius 2 is 1.96 bits per heavy atom. The van der Waals surface area contributed by atoms with E-state index in [9.17, 15) is 4.79 Å². The second-order valence-electron chi connectivity index (χ2n) is 6.34. The van der Waals surface area contributed by atoms with Crippen molar-refractivity contribution < 1.29 is 9.32 Å². The summed E-state index contributed by atoms with van der Waals surface area (Å²) in [5.74, 6) is 1.75. The smallest absolute Gasteiger partial charge is 0.246 e. The monoisotopic (exact) mass is 313 g/mol. The van der Waals surface area contributed by atoms with Crippen LogP contribution in [0.5, 0.6) is 0 Å². The Kier molecular flexibility index (Phi) is 5.05. The van der Waals surface area contributed by atoms with Crippen molar-refractivity contribution in [2.75, 3.05) is 7.05 Å². The Labute approximate surface area is 136 Å². The summed E-state index contributed by atoms with van der Waals surface area (Å²) in [5.41, 5.74) is 0.915. The maximum absolute atomic E-state index is 12.3. The van der Waals surface area contributed by atoms with Gasteiger partial charge in [0, 0.05) is 19.0 Å². The molecule has 23 heavy (non-hydrogen) atoms. The Morgan fingerprint density at radius 3 is 2.70 bits per heavy atom. The van der Waals surface area contributed by atoms with E-state index in [1.54, 1.807) is 11.9 Å². The van der Waals surface area contributed by atoms with Crippen LogP contribution in [-0.2, 0) is 11.3 Å². The first-order valence-electron chi connectivity index (χ1n) is 8.34. The molecule has 1 amide bonds. The molecule has 1 fully saturated rings. The molecule has 0 bridgehead atoms. The number of hydrogen-bond donors (Lipinski definition) is 0. The number of aromatic nitrogens is 2. The zero-order valence-electron chi connectivity index (χ0n) is 13.6. The Bertz CT molecular complexity index is 633. The average molecular weight is 313 g/mol. The molecule has 1 aliphatic carbocycles. The Hall–Kier alpha value is -2.17. The minimum atomic E-state index is 0.163. The number of rotatable bonds is 5. The number of benzene rings is 1. The topological polar surface area (TPSA) is 59.2 Å². The summed E-state index contributed by atoms with van der Waals surface area (Å²) in [7, 11) is 1.80. The molecule has 1 aromatic heterocycles. The van der Waals surface area contributed by atoms with Gasteiger partial charge in [0.15, 0.2) is 0 Å². The fraction of sp³-hybridized carbons (Fsp3) is 0.500. The van der Waals surface area contributed by atoms with Crippen LogP contribution >= 0.6 is 0 Å². The first-order valence-corrected chi connectivity index (χ1v) is 8.34. The van der Waals surface area contributed by atoms with Crippen LogP contribution in [0.4, 0.5) is 0 Å². The molecule has 122 valence electrons. The van der Waals surface area contributed by atoms with Crippen molar-refractivity contribution in [2.45, 2.75) is 45.1 Å². The zero-order chi connectivity index (χ0) is 16.1. The molecule has 1 aliphatic rings. The Morgan fingerprint density at radius 1 is 1.22 bits per heavy atom. The highest BCUT2D eigenvalue weighted by atomic mass is 16.5. The van der Waals surface area contributed by atoms with E-state index in [1.165, 1.54) is 32.1 Å². The van der Waals surface area contributed by atoms with Crippen LogP contribution in [-0.4, -0.2) is 28.0 Å². The van der Waals surface area contributed by atoms with Gasteiger partial charge in [-0.3, -0.25) is 4.79 Å². The van der Waals surface area contributed by atoms with Gasteiger partial charge in [-0.05, 0) is 18.8 Å². The van der Waals surface area contributed by atoms with E-state index in [2.05, 4.69) is 10.1 Å². The van der Waals surface area contributed by atoms with Crippen LogP contribution in [0.3, 0.4) is 0 Å². The summed E-state index contributed by atoms with van der Waals surface area (Å²) in [4.78, 5) is 18.4. The van der Waals surface area contributed by atoms with E-state index in [-0.39, 0.29) is 5.91 Å². The van der Waals surface area contributed by atoms with E-state index in [4.69, 9.17) is 4.52 Å². The molecule has 0 aliphatic heterocycles. The Balaban J connectivity index is 1.56. The van der Waals surface area contributed by atoms with Gasteiger partial charge >= 0.3 is 0 Å². The molecular formula is C18H23N3O2. The number of nitrogens with zero attached hydrogens (tertiary/aromatic N) is 3. The molecule has 3 rings (SSSR count). The van der Waals surface area contributed by atoms with Crippen LogP contribution in [0, 0.1) is 5.92 Å². The van der Waals surface area contributed by atoms with E-state index >= 15 is 0 Å². The van der Waals surface area contributed by atoms with Crippen LogP contribution in [0.15, 0.2) is 34.9 Å². The maximum Gasteiger partial charge on any atom is 0.246 e. The standard InChI is InChI=1S/C18H23N3O2/c1-21(17(22)12-14-8-4-2-5-9-14)13-16-19-18(20-23-16)15-10-6-3-7-11-15/h3,6-7,10-11,14H,2,4-5,8-9,12-13H2,1H3. The molecule has 0 radical (unpaired) electrons. The van der Waals surface area contributed by atoms with E-state index in [0.717, 1.165) is 5.56 Å². The molecule has 1 saturated carbocycles. The van der Waals surface area contributed by atoms with Crippen LogP contribution < -0.4 is 0 Å². The summed E-state index contributed by atoms with van der Waals surface area (Å²) in [5, 5.41) is 3.99. The third-order valence-corrected chi connectivity index (χ3v) is 4.49. The molecule has 0 spiro atoms. The summed E-state index contributed by atoms with van der Waals surface area (Å²) in [6, 6.07) is 9.69. The molecule has 0 unspecified atom stereocenters. The predicted molar refractivity (Wildman–Crippen MR) is 87.4 cm³/mol. The third-order valence-electron chi connectivity index (χ3n) is 4.49. The second kappa shape index (κ2) is 7.40. The van der Waals surface area contributed by atoms with Gasteiger partial charge in [-0.1, -0.05) is 54.8 Å². The molecular weight excluding hydrogens is 290 g/mol. The van der Waals surface area contributed by atoms with Crippen molar-refractivity contribution in [2.24, 2.45) is 5.92 Å². The quantitative estimate of drug-likeness (QED) is 0.845. The van der Waals surface area contributed by atoms with Crippen molar-refractivity contribution in [3.63, 3.8) is 0 Å². The van der Waals surface area contributed by atoms with Gasteiger partial charge in [0.2, 0.25) is 17.6 Å². The largest absolute Gasteiger partial charge is 0.337 e.